The summed E-state index contributed by atoms with van der Waals surface area (Å²) in [6.07, 6.45) is 0. The molecular formula is C22H24ClN5O. The second-order valence-electron chi connectivity index (χ2n) is 7.35. The van der Waals surface area contributed by atoms with E-state index in [1.165, 1.54) is 5.69 Å². The van der Waals surface area contributed by atoms with Crippen LogP contribution < -0.4 is 15.8 Å². The zero-order chi connectivity index (χ0) is 20.4. The van der Waals surface area contributed by atoms with Gasteiger partial charge in [0, 0.05) is 42.6 Å². The Hall–Kier alpha value is -2.83. The number of hydrogen-bond acceptors (Lipinski definition) is 5. The minimum atomic E-state index is -0.198. The molecule has 29 heavy (non-hydrogen) atoms. The monoisotopic (exact) mass is 409 g/mol. The van der Waals surface area contributed by atoms with Gasteiger partial charge in [-0.1, -0.05) is 23.7 Å². The van der Waals surface area contributed by atoms with Gasteiger partial charge in [0.1, 0.15) is 0 Å². The summed E-state index contributed by atoms with van der Waals surface area (Å²) in [7, 11) is 2.15. The van der Waals surface area contributed by atoms with Crippen LogP contribution in [0.1, 0.15) is 5.69 Å². The van der Waals surface area contributed by atoms with Crippen molar-refractivity contribution < 1.29 is 0 Å². The zero-order valence-corrected chi connectivity index (χ0v) is 17.3. The summed E-state index contributed by atoms with van der Waals surface area (Å²) in [5.74, 6) is 0.422. The number of aromatic amines is 1. The molecule has 3 aromatic rings. The Labute approximate surface area is 175 Å². The van der Waals surface area contributed by atoms with Gasteiger partial charge in [-0.15, -0.1) is 0 Å². The van der Waals surface area contributed by atoms with Crippen LogP contribution in [0, 0.1) is 6.92 Å². The Bertz CT molecular complexity index is 1060. The molecule has 7 heteroatoms. The average Bonchev–Trinajstić information content (AvgIpc) is 2.69. The van der Waals surface area contributed by atoms with Gasteiger partial charge in [0.15, 0.2) is 0 Å². The number of likely N-dealkylation sites (N-methyl/N-ethyl adjacent to an activating group) is 1. The summed E-state index contributed by atoms with van der Waals surface area (Å²) < 4.78 is 0. The molecule has 1 aliphatic heterocycles. The molecule has 0 saturated carbocycles. The summed E-state index contributed by atoms with van der Waals surface area (Å²) in [5.41, 5.74) is 3.82. The van der Waals surface area contributed by atoms with Crippen molar-refractivity contribution in [3.05, 3.63) is 69.6 Å². The quantitative estimate of drug-likeness (QED) is 0.684. The Morgan fingerprint density at radius 2 is 1.79 bits per heavy atom. The molecule has 1 saturated heterocycles. The first-order chi connectivity index (χ1) is 14.0. The highest BCUT2D eigenvalue weighted by molar-refractivity contribution is 6.30. The maximum absolute atomic E-state index is 12.7. The summed E-state index contributed by atoms with van der Waals surface area (Å²) >= 11 is 6.06. The molecule has 1 fully saturated rings. The van der Waals surface area contributed by atoms with Crippen LogP contribution in [0.3, 0.4) is 0 Å². The van der Waals surface area contributed by atoms with Gasteiger partial charge in [0.05, 0.1) is 11.3 Å². The molecule has 0 amide bonds. The fourth-order valence-corrected chi connectivity index (χ4v) is 3.78. The first-order valence-corrected chi connectivity index (χ1v) is 10.0. The van der Waals surface area contributed by atoms with Gasteiger partial charge >= 0.3 is 0 Å². The first-order valence-electron chi connectivity index (χ1n) is 9.67. The lowest BCUT2D eigenvalue weighted by Gasteiger charge is -2.34. The maximum Gasteiger partial charge on any atom is 0.260 e. The number of H-pyrrole nitrogens is 1. The van der Waals surface area contributed by atoms with Crippen LogP contribution in [0.4, 0.5) is 17.3 Å². The van der Waals surface area contributed by atoms with Crippen molar-refractivity contribution in [1.29, 1.82) is 0 Å². The number of piperazine rings is 1. The normalized spacial score (nSPS) is 14.8. The Balaban J connectivity index is 1.52. The van der Waals surface area contributed by atoms with Gasteiger partial charge in [0.25, 0.3) is 5.56 Å². The average molecular weight is 410 g/mol. The highest BCUT2D eigenvalue weighted by atomic mass is 35.5. The van der Waals surface area contributed by atoms with Crippen LogP contribution >= 0.6 is 11.6 Å². The SMILES string of the molecule is Cc1nc(Nc2ccc(N3CCN(C)CC3)cc2)[nH]c(=O)c1-c1cccc(Cl)c1. The Morgan fingerprint density at radius 1 is 1.07 bits per heavy atom. The van der Waals surface area contributed by atoms with E-state index in [9.17, 15) is 4.79 Å². The molecule has 1 aromatic heterocycles. The standard InChI is InChI=1S/C22H24ClN5O/c1-15-20(16-4-3-5-17(23)14-16)21(29)26-22(24-15)25-18-6-8-19(9-7-18)28-12-10-27(2)11-13-28/h3-9,14H,10-13H2,1-2H3,(H2,24,25,26,29). The van der Waals surface area contributed by atoms with E-state index < -0.39 is 0 Å². The van der Waals surface area contributed by atoms with Crippen LogP contribution in [-0.2, 0) is 0 Å². The second kappa shape index (κ2) is 8.27. The van der Waals surface area contributed by atoms with Gasteiger partial charge in [-0.3, -0.25) is 9.78 Å². The molecule has 2 N–H and O–H groups in total. The van der Waals surface area contributed by atoms with Crippen LogP contribution in [0.25, 0.3) is 11.1 Å². The van der Waals surface area contributed by atoms with Crippen LogP contribution in [0.2, 0.25) is 5.02 Å². The van der Waals surface area contributed by atoms with E-state index >= 15 is 0 Å². The number of nitrogens with one attached hydrogen (secondary N) is 2. The Morgan fingerprint density at radius 3 is 2.45 bits per heavy atom. The van der Waals surface area contributed by atoms with E-state index in [2.05, 4.69) is 44.3 Å². The van der Waals surface area contributed by atoms with Crippen molar-refractivity contribution in [2.45, 2.75) is 6.92 Å². The molecule has 150 valence electrons. The van der Waals surface area contributed by atoms with Gasteiger partial charge in [-0.25, -0.2) is 4.98 Å². The van der Waals surface area contributed by atoms with Crippen molar-refractivity contribution in [2.75, 3.05) is 43.4 Å². The minimum Gasteiger partial charge on any atom is -0.369 e. The van der Waals surface area contributed by atoms with E-state index in [4.69, 9.17) is 11.6 Å². The topological polar surface area (TPSA) is 64.3 Å². The largest absolute Gasteiger partial charge is 0.369 e. The van der Waals surface area contributed by atoms with Crippen LogP contribution in [-0.4, -0.2) is 48.1 Å². The highest BCUT2D eigenvalue weighted by Crippen LogP contribution is 2.24. The molecule has 0 atom stereocenters. The van der Waals surface area contributed by atoms with Crippen LogP contribution in [0.15, 0.2) is 53.3 Å². The third kappa shape index (κ3) is 4.44. The van der Waals surface area contributed by atoms with Crippen molar-refractivity contribution in [3.8, 4) is 11.1 Å². The molecule has 0 bridgehead atoms. The lowest BCUT2D eigenvalue weighted by Crippen LogP contribution is -2.44. The zero-order valence-electron chi connectivity index (χ0n) is 16.6. The number of hydrogen-bond donors (Lipinski definition) is 2. The van der Waals surface area contributed by atoms with E-state index in [1.54, 1.807) is 12.1 Å². The summed E-state index contributed by atoms with van der Waals surface area (Å²) in [5, 5.41) is 3.78. The third-order valence-electron chi connectivity index (χ3n) is 5.21. The predicted molar refractivity (Wildman–Crippen MR) is 119 cm³/mol. The number of aryl methyl sites for hydroxylation is 1. The van der Waals surface area contributed by atoms with E-state index in [1.807, 2.05) is 31.2 Å². The second-order valence-corrected chi connectivity index (χ2v) is 7.78. The van der Waals surface area contributed by atoms with Crippen molar-refractivity contribution in [3.63, 3.8) is 0 Å². The maximum atomic E-state index is 12.7. The molecule has 0 unspecified atom stereocenters. The number of benzene rings is 2. The molecular weight excluding hydrogens is 386 g/mol. The summed E-state index contributed by atoms with van der Waals surface area (Å²) in [6.45, 7) is 6.03. The number of rotatable bonds is 4. The lowest BCUT2D eigenvalue weighted by molar-refractivity contribution is 0.313. The predicted octanol–water partition coefficient (Wildman–Crippen LogP) is 3.89. The van der Waals surface area contributed by atoms with Crippen molar-refractivity contribution in [2.24, 2.45) is 0 Å². The molecule has 0 aliphatic carbocycles. The molecule has 4 rings (SSSR count). The van der Waals surface area contributed by atoms with Gasteiger partial charge < -0.3 is 15.1 Å². The third-order valence-corrected chi connectivity index (χ3v) is 5.45. The number of aromatic nitrogens is 2. The van der Waals surface area contributed by atoms with Gasteiger partial charge in [-0.2, -0.15) is 0 Å². The highest BCUT2D eigenvalue weighted by Gasteiger charge is 2.14. The van der Waals surface area contributed by atoms with Crippen molar-refractivity contribution >= 4 is 28.9 Å². The van der Waals surface area contributed by atoms with Gasteiger partial charge in [0.2, 0.25) is 5.95 Å². The Kier molecular flexibility index (Phi) is 5.56. The summed E-state index contributed by atoms with van der Waals surface area (Å²) in [6, 6.07) is 15.4. The molecule has 2 aromatic carbocycles. The van der Waals surface area contributed by atoms with E-state index in [0.29, 0.717) is 22.2 Å². The molecule has 2 heterocycles. The smallest absolute Gasteiger partial charge is 0.260 e. The van der Waals surface area contributed by atoms with E-state index in [0.717, 1.165) is 37.4 Å². The number of nitrogens with zero attached hydrogens (tertiary/aromatic N) is 3. The molecule has 0 spiro atoms. The fourth-order valence-electron chi connectivity index (χ4n) is 3.59. The molecule has 0 radical (unpaired) electrons. The van der Waals surface area contributed by atoms with Crippen molar-refractivity contribution in [1.82, 2.24) is 14.9 Å². The van der Waals surface area contributed by atoms with E-state index in [-0.39, 0.29) is 5.56 Å². The fraction of sp³-hybridized carbons (Fsp3) is 0.273. The molecule has 1 aliphatic rings. The summed E-state index contributed by atoms with van der Waals surface area (Å²) in [4.78, 5) is 24.7. The lowest BCUT2D eigenvalue weighted by atomic mass is 10.1. The minimum absolute atomic E-state index is 0.198. The number of anilines is 3. The first kappa shape index (κ1) is 19.5. The molecule has 6 nitrogen and oxygen atoms in total. The van der Waals surface area contributed by atoms with Gasteiger partial charge in [-0.05, 0) is 55.9 Å². The number of halogens is 1. The van der Waals surface area contributed by atoms with Crippen LogP contribution in [0.5, 0.6) is 0 Å².